The average Bonchev–Trinajstić information content (AvgIpc) is 2.84. The highest BCUT2D eigenvalue weighted by Gasteiger charge is 2.19. The van der Waals surface area contributed by atoms with Crippen molar-refractivity contribution >= 4 is 0 Å². The minimum atomic E-state index is 0.373. The van der Waals surface area contributed by atoms with E-state index in [1.807, 2.05) is 25.5 Å². The van der Waals surface area contributed by atoms with E-state index in [9.17, 15) is 5.11 Å². The van der Waals surface area contributed by atoms with Crippen molar-refractivity contribution in [3.8, 4) is 5.75 Å². The second-order valence-corrected chi connectivity index (χ2v) is 5.49. The number of aryl methyl sites for hydroxylation is 2. The Hall–Kier alpha value is -1.81. The SMILES string of the molecule is Cn1ccnc1CCNC1CCCc2cc(O)ccc21. The molecule has 4 heteroatoms. The van der Waals surface area contributed by atoms with E-state index in [0.29, 0.717) is 11.8 Å². The van der Waals surface area contributed by atoms with E-state index in [1.54, 1.807) is 6.07 Å². The molecule has 2 N–H and O–H groups in total. The molecule has 0 saturated carbocycles. The number of aromatic nitrogens is 2. The van der Waals surface area contributed by atoms with Crippen molar-refractivity contribution in [2.24, 2.45) is 7.05 Å². The molecule has 1 heterocycles. The first-order chi connectivity index (χ1) is 9.74. The van der Waals surface area contributed by atoms with Crippen LogP contribution in [0, 0.1) is 0 Å². The summed E-state index contributed by atoms with van der Waals surface area (Å²) in [7, 11) is 2.03. The number of rotatable bonds is 4. The van der Waals surface area contributed by atoms with Gasteiger partial charge in [-0.15, -0.1) is 0 Å². The van der Waals surface area contributed by atoms with Gasteiger partial charge in [-0.2, -0.15) is 0 Å². The van der Waals surface area contributed by atoms with Crippen LogP contribution in [0.5, 0.6) is 5.75 Å². The maximum absolute atomic E-state index is 9.57. The molecule has 1 aromatic carbocycles. The van der Waals surface area contributed by atoms with Crippen LogP contribution in [0.15, 0.2) is 30.6 Å². The summed E-state index contributed by atoms with van der Waals surface area (Å²) in [6.45, 7) is 0.926. The van der Waals surface area contributed by atoms with Crippen LogP contribution in [-0.4, -0.2) is 21.2 Å². The van der Waals surface area contributed by atoms with Gasteiger partial charge in [0.25, 0.3) is 0 Å². The number of hydrogen-bond donors (Lipinski definition) is 2. The van der Waals surface area contributed by atoms with Gasteiger partial charge in [0.2, 0.25) is 0 Å². The van der Waals surface area contributed by atoms with E-state index in [2.05, 4.69) is 20.9 Å². The van der Waals surface area contributed by atoms with Gasteiger partial charge >= 0.3 is 0 Å². The Labute approximate surface area is 119 Å². The standard InChI is InChI=1S/C16H21N3O/c1-19-10-9-18-16(19)7-8-17-15-4-2-3-12-11-13(20)5-6-14(12)15/h5-6,9-11,15,17,20H,2-4,7-8H2,1H3. The first-order valence-corrected chi connectivity index (χ1v) is 7.25. The van der Waals surface area contributed by atoms with Gasteiger partial charge in [-0.05, 0) is 42.5 Å². The van der Waals surface area contributed by atoms with Crippen molar-refractivity contribution in [1.29, 1.82) is 0 Å². The number of aromatic hydroxyl groups is 1. The highest BCUT2D eigenvalue weighted by molar-refractivity contribution is 5.38. The predicted molar refractivity (Wildman–Crippen MR) is 78.7 cm³/mol. The van der Waals surface area contributed by atoms with Crippen molar-refractivity contribution in [1.82, 2.24) is 14.9 Å². The second-order valence-electron chi connectivity index (χ2n) is 5.49. The van der Waals surface area contributed by atoms with Gasteiger partial charge in [0.15, 0.2) is 0 Å². The third kappa shape index (κ3) is 2.70. The Balaban J connectivity index is 1.63. The molecule has 1 aliphatic carbocycles. The predicted octanol–water partition coefficient (Wildman–Crippen LogP) is 2.34. The van der Waals surface area contributed by atoms with Crippen molar-refractivity contribution in [2.45, 2.75) is 31.7 Å². The lowest BCUT2D eigenvalue weighted by Gasteiger charge is -2.26. The fourth-order valence-corrected chi connectivity index (χ4v) is 3.01. The molecule has 20 heavy (non-hydrogen) atoms. The number of phenols is 1. The molecule has 1 atom stereocenters. The van der Waals surface area contributed by atoms with Crippen LogP contribution in [0.2, 0.25) is 0 Å². The summed E-state index contributed by atoms with van der Waals surface area (Å²) in [5, 5.41) is 13.2. The van der Waals surface area contributed by atoms with E-state index in [4.69, 9.17) is 0 Å². The molecule has 1 unspecified atom stereocenters. The lowest BCUT2D eigenvalue weighted by atomic mass is 9.87. The van der Waals surface area contributed by atoms with E-state index >= 15 is 0 Å². The zero-order chi connectivity index (χ0) is 13.9. The maximum atomic E-state index is 9.57. The summed E-state index contributed by atoms with van der Waals surface area (Å²) in [6, 6.07) is 6.15. The lowest BCUT2D eigenvalue weighted by molar-refractivity contribution is 0.450. The highest BCUT2D eigenvalue weighted by Crippen LogP contribution is 2.31. The smallest absolute Gasteiger partial charge is 0.115 e. The third-order valence-corrected chi connectivity index (χ3v) is 4.10. The summed E-state index contributed by atoms with van der Waals surface area (Å²) < 4.78 is 2.06. The second kappa shape index (κ2) is 5.67. The Morgan fingerprint density at radius 2 is 2.35 bits per heavy atom. The van der Waals surface area contributed by atoms with Crippen molar-refractivity contribution in [2.75, 3.05) is 6.54 Å². The summed E-state index contributed by atoms with van der Waals surface area (Å²) in [6.07, 6.45) is 8.17. The molecule has 3 rings (SSSR count). The monoisotopic (exact) mass is 271 g/mol. The molecule has 0 spiro atoms. The third-order valence-electron chi connectivity index (χ3n) is 4.10. The summed E-state index contributed by atoms with van der Waals surface area (Å²) in [5.74, 6) is 1.48. The van der Waals surface area contributed by atoms with Crippen LogP contribution < -0.4 is 5.32 Å². The molecule has 2 aromatic rings. The van der Waals surface area contributed by atoms with Crippen molar-refractivity contribution in [3.63, 3.8) is 0 Å². The number of hydrogen-bond acceptors (Lipinski definition) is 3. The normalized spacial score (nSPS) is 17.9. The molecule has 106 valence electrons. The zero-order valence-electron chi connectivity index (χ0n) is 11.8. The summed E-state index contributed by atoms with van der Waals surface area (Å²) in [4.78, 5) is 4.34. The van der Waals surface area contributed by atoms with E-state index < -0.39 is 0 Å². The molecule has 0 amide bonds. The zero-order valence-corrected chi connectivity index (χ0v) is 11.8. The Kier molecular flexibility index (Phi) is 3.74. The van der Waals surface area contributed by atoms with E-state index in [0.717, 1.165) is 25.2 Å². The molecule has 1 aliphatic rings. The minimum Gasteiger partial charge on any atom is -0.508 e. The molecule has 1 aromatic heterocycles. The van der Waals surface area contributed by atoms with Gasteiger partial charge in [0, 0.05) is 38.4 Å². The molecule has 4 nitrogen and oxygen atoms in total. The largest absolute Gasteiger partial charge is 0.508 e. The number of nitrogens with zero attached hydrogens (tertiary/aromatic N) is 2. The fourth-order valence-electron chi connectivity index (χ4n) is 3.01. The van der Waals surface area contributed by atoms with Gasteiger partial charge in [0.05, 0.1) is 0 Å². The average molecular weight is 271 g/mol. The highest BCUT2D eigenvalue weighted by atomic mass is 16.3. The topological polar surface area (TPSA) is 50.1 Å². The number of fused-ring (bicyclic) bond motifs is 1. The summed E-state index contributed by atoms with van der Waals surface area (Å²) in [5.41, 5.74) is 2.62. The van der Waals surface area contributed by atoms with Crippen LogP contribution >= 0.6 is 0 Å². The first-order valence-electron chi connectivity index (χ1n) is 7.25. The van der Waals surface area contributed by atoms with Crippen LogP contribution in [0.4, 0.5) is 0 Å². The number of imidazole rings is 1. The Morgan fingerprint density at radius 3 is 3.15 bits per heavy atom. The van der Waals surface area contributed by atoms with Gasteiger partial charge in [-0.1, -0.05) is 6.07 Å². The van der Waals surface area contributed by atoms with Gasteiger partial charge in [-0.3, -0.25) is 0 Å². The molecule has 0 aliphatic heterocycles. The first kappa shape index (κ1) is 13.2. The number of benzene rings is 1. The summed E-state index contributed by atoms with van der Waals surface area (Å²) >= 11 is 0. The van der Waals surface area contributed by atoms with E-state index in [-0.39, 0.29) is 0 Å². The number of phenolic OH excluding ortho intramolecular Hbond substituents is 1. The quantitative estimate of drug-likeness (QED) is 0.897. The molecule has 0 saturated heterocycles. The maximum Gasteiger partial charge on any atom is 0.115 e. The lowest BCUT2D eigenvalue weighted by Crippen LogP contribution is -2.27. The molecular weight excluding hydrogens is 250 g/mol. The Morgan fingerprint density at radius 1 is 1.45 bits per heavy atom. The molecular formula is C16H21N3O. The minimum absolute atomic E-state index is 0.373. The number of nitrogens with one attached hydrogen (secondary N) is 1. The molecule has 0 bridgehead atoms. The van der Waals surface area contributed by atoms with Crippen LogP contribution in [0.3, 0.4) is 0 Å². The van der Waals surface area contributed by atoms with E-state index in [1.165, 1.54) is 24.0 Å². The van der Waals surface area contributed by atoms with Gasteiger partial charge in [0.1, 0.15) is 11.6 Å². The fraction of sp³-hybridized carbons (Fsp3) is 0.438. The van der Waals surface area contributed by atoms with Crippen LogP contribution in [0.25, 0.3) is 0 Å². The molecule has 0 radical (unpaired) electrons. The van der Waals surface area contributed by atoms with Gasteiger partial charge in [-0.25, -0.2) is 4.98 Å². The van der Waals surface area contributed by atoms with Gasteiger partial charge < -0.3 is 15.0 Å². The van der Waals surface area contributed by atoms with Crippen LogP contribution in [0.1, 0.15) is 35.8 Å². The molecule has 0 fully saturated rings. The Bertz CT molecular complexity index is 591. The van der Waals surface area contributed by atoms with Crippen molar-refractivity contribution in [3.05, 3.63) is 47.5 Å². The van der Waals surface area contributed by atoms with Crippen molar-refractivity contribution < 1.29 is 5.11 Å². The van der Waals surface area contributed by atoms with Crippen LogP contribution in [-0.2, 0) is 19.9 Å².